The van der Waals surface area contributed by atoms with E-state index < -0.39 is 15.8 Å². The lowest BCUT2D eigenvalue weighted by Crippen LogP contribution is -2.18. The molecule has 182 valence electrons. The van der Waals surface area contributed by atoms with E-state index in [9.17, 15) is 17.6 Å². The molecule has 34 heavy (non-hydrogen) atoms. The molecule has 0 radical (unpaired) electrons. The molecule has 0 aliphatic carbocycles. The minimum Gasteiger partial charge on any atom is -0.299 e. The summed E-state index contributed by atoms with van der Waals surface area (Å²) in [5, 5.41) is 10.3. The van der Waals surface area contributed by atoms with Crippen LogP contribution in [0.1, 0.15) is 49.7 Å². The summed E-state index contributed by atoms with van der Waals surface area (Å²) in [5.41, 5.74) is 3.26. The van der Waals surface area contributed by atoms with Crippen LogP contribution in [0.3, 0.4) is 0 Å². The summed E-state index contributed by atoms with van der Waals surface area (Å²) < 4.78 is 38.4. The Balaban J connectivity index is 1.71. The van der Waals surface area contributed by atoms with Crippen molar-refractivity contribution in [3.8, 4) is 5.69 Å². The van der Waals surface area contributed by atoms with Gasteiger partial charge in [0.2, 0.25) is 10.0 Å². The molecule has 1 heterocycles. The van der Waals surface area contributed by atoms with E-state index in [1.165, 1.54) is 12.1 Å². The Labute approximate surface area is 205 Å². The Kier molecular flexibility index (Phi) is 7.95. The smallest absolute Gasteiger partial charge is 0.209 e. The number of primary sulfonamides is 1. The monoisotopic (exact) mass is 505 g/mol. The number of hydrogen-bond acceptors (Lipinski definition) is 4. The number of sulfonamides is 1. The number of halogens is 2. The van der Waals surface area contributed by atoms with E-state index >= 15 is 0 Å². The van der Waals surface area contributed by atoms with Crippen molar-refractivity contribution in [2.24, 2.45) is 5.14 Å². The topological polar surface area (TPSA) is 95.0 Å². The van der Waals surface area contributed by atoms with Gasteiger partial charge in [0.1, 0.15) is 11.6 Å². The minimum atomic E-state index is -3.67. The summed E-state index contributed by atoms with van der Waals surface area (Å²) in [4.78, 5) is 12.7. The third-order valence-corrected chi connectivity index (χ3v) is 6.45. The van der Waals surface area contributed by atoms with E-state index in [1.54, 1.807) is 12.1 Å². The Bertz CT molecular complexity index is 1300. The predicted octanol–water partition coefficient (Wildman–Crippen LogP) is 4.54. The minimum absolute atomic E-state index is 0.0114. The third kappa shape index (κ3) is 7.22. The average molecular weight is 506 g/mol. The molecule has 6 nitrogen and oxygen atoms in total. The van der Waals surface area contributed by atoms with Crippen molar-refractivity contribution in [2.45, 2.75) is 51.9 Å². The second-order valence-electron chi connectivity index (χ2n) is 9.42. The Morgan fingerprint density at radius 2 is 1.85 bits per heavy atom. The maximum atomic E-state index is 14.3. The van der Waals surface area contributed by atoms with Crippen molar-refractivity contribution < 1.29 is 17.6 Å². The fraction of sp³-hybridized carbons (Fsp3) is 0.360. The van der Waals surface area contributed by atoms with Gasteiger partial charge in [-0.25, -0.2) is 22.6 Å². The lowest BCUT2D eigenvalue weighted by Gasteiger charge is -2.14. The summed E-state index contributed by atoms with van der Waals surface area (Å²) in [6.45, 7) is 6.23. The van der Waals surface area contributed by atoms with Gasteiger partial charge in [0.25, 0.3) is 0 Å². The van der Waals surface area contributed by atoms with Gasteiger partial charge >= 0.3 is 0 Å². The van der Waals surface area contributed by atoms with Crippen LogP contribution in [0.2, 0.25) is 5.02 Å². The molecule has 0 aliphatic rings. The van der Waals surface area contributed by atoms with Gasteiger partial charge in [0.15, 0.2) is 0 Å². The molecule has 0 aliphatic heterocycles. The molecular weight excluding hydrogens is 477 g/mol. The largest absolute Gasteiger partial charge is 0.299 e. The summed E-state index contributed by atoms with van der Waals surface area (Å²) in [7, 11) is -3.67. The van der Waals surface area contributed by atoms with Gasteiger partial charge in [-0.3, -0.25) is 4.79 Å². The van der Waals surface area contributed by atoms with Gasteiger partial charge < -0.3 is 0 Å². The molecule has 1 aromatic heterocycles. The molecule has 2 aromatic carbocycles. The van der Waals surface area contributed by atoms with E-state index in [2.05, 4.69) is 20.8 Å². The van der Waals surface area contributed by atoms with Crippen LogP contribution in [-0.2, 0) is 39.5 Å². The fourth-order valence-electron chi connectivity index (χ4n) is 3.54. The number of carbonyl (C=O) groups excluding carboxylic acids is 1. The second kappa shape index (κ2) is 10.4. The molecule has 0 saturated carbocycles. The zero-order chi connectivity index (χ0) is 25.1. The van der Waals surface area contributed by atoms with Crippen LogP contribution in [0.15, 0.2) is 48.5 Å². The SMILES string of the molecule is CC(C)(C)c1cc(CCC(=O)Cc2ccc(CCS(N)(=O)=O)c(F)c2)n(-c2cccc(Cl)c2)n1. The van der Waals surface area contributed by atoms with Crippen LogP contribution in [-0.4, -0.2) is 29.7 Å². The van der Waals surface area contributed by atoms with Crippen LogP contribution in [0.5, 0.6) is 0 Å². The van der Waals surface area contributed by atoms with Crippen molar-refractivity contribution >= 4 is 27.4 Å². The summed E-state index contributed by atoms with van der Waals surface area (Å²) >= 11 is 6.17. The molecule has 0 unspecified atom stereocenters. The first-order valence-corrected chi connectivity index (χ1v) is 13.1. The highest BCUT2D eigenvalue weighted by molar-refractivity contribution is 7.89. The molecular formula is C25H29ClFN3O3S. The van der Waals surface area contributed by atoms with Crippen LogP contribution < -0.4 is 5.14 Å². The van der Waals surface area contributed by atoms with Gasteiger partial charge in [-0.05, 0) is 54.3 Å². The van der Waals surface area contributed by atoms with Gasteiger partial charge in [0, 0.05) is 29.0 Å². The maximum absolute atomic E-state index is 14.3. The number of Topliss-reactive ketones (excluding diaryl/α,β-unsaturated/α-hetero) is 1. The second-order valence-corrected chi connectivity index (χ2v) is 11.6. The predicted molar refractivity (Wildman–Crippen MR) is 132 cm³/mol. The van der Waals surface area contributed by atoms with Gasteiger partial charge in [-0.2, -0.15) is 5.10 Å². The van der Waals surface area contributed by atoms with Crippen molar-refractivity contribution in [2.75, 3.05) is 5.75 Å². The molecule has 0 bridgehead atoms. The zero-order valence-corrected chi connectivity index (χ0v) is 21.1. The number of benzene rings is 2. The lowest BCUT2D eigenvalue weighted by atomic mass is 9.92. The third-order valence-electron chi connectivity index (χ3n) is 5.44. The Hall–Kier alpha value is -2.55. The van der Waals surface area contributed by atoms with Crippen molar-refractivity contribution in [3.05, 3.63) is 81.9 Å². The number of hydrogen-bond donors (Lipinski definition) is 1. The standard InChI is InChI=1S/C25H29ClFN3O3S/c1-25(2,3)24-16-21(30(29-24)20-6-4-5-19(26)15-20)9-10-22(31)13-17-7-8-18(23(27)14-17)11-12-34(28,32)33/h4-8,14-16H,9-13H2,1-3H3,(H2,28,32,33). The lowest BCUT2D eigenvalue weighted by molar-refractivity contribution is -0.118. The van der Waals surface area contributed by atoms with Crippen molar-refractivity contribution in [3.63, 3.8) is 0 Å². The Morgan fingerprint density at radius 3 is 2.47 bits per heavy atom. The van der Waals surface area contributed by atoms with Gasteiger partial charge in [0.05, 0.1) is 17.1 Å². The van der Waals surface area contributed by atoms with E-state index in [0.29, 0.717) is 17.0 Å². The van der Waals surface area contributed by atoms with Crippen LogP contribution in [0.25, 0.3) is 5.69 Å². The van der Waals surface area contributed by atoms with Gasteiger partial charge in [-0.1, -0.05) is 50.6 Å². The highest BCUT2D eigenvalue weighted by Gasteiger charge is 2.21. The van der Waals surface area contributed by atoms with E-state index in [4.69, 9.17) is 21.8 Å². The number of carbonyl (C=O) groups is 1. The molecule has 0 fully saturated rings. The quantitative estimate of drug-likeness (QED) is 0.462. The van der Waals surface area contributed by atoms with Gasteiger partial charge in [-0.15, -0.1) is 0 Å². The Morgan fingerprint density at radius 1 is 1.12 bits per heavy atom. The summed E-state index contributed by atoms with van der Waals surface area (Å²) in [6, 6.07) is 13.8. The summed E-state index contributed by atoms with van der Waals surface area (Å²) in [5.74, 6) is -0.908. The highest BCUT2D eigenvalue weighted by atomic mass is 35.5. The number of rotatable bonds is 9. The van der Waals surface area contributed by atoms with Crippen molar-refractivity contribution in [1.29, 1.82) is 0 Å². The first-order chi connectivity index (χ1) is 15.8. The fourth-order valence-corrected chi connectivity index (χ4v) is 4.22. The van der Waals surface area contributed by atoms with E-state index in [-0.39, 0.29) is 41.8 Å². The van der Waals surface area contributed by atoms with Crippen molar-refractivity contribution in [1.82, 2.24) is 9.78 Å². The normalized spacial score (nSPS) is 12.2. The van der Waals surface area contributed by atoms with Crippen LogP contribution >= 0.6 is 11.6 Å². The zero-order valence-electron chi connectivity index (χ0n) is 19.5. The van der Waals surface area contributed by atoms with E-state index in [1.807, 2.05) is 28.9 Å². The molecule has 0 saturated heterocycles. The van der Waals surface area contributed by atoms with Crippen LogP contribution in [0, 0.1) is 5.82 Å². The number of ketones is 1. The van der Waals surface area contributed by atoms with Crippen LogP contribution in [0.4, 0.5) is 4.39 Å². The molecule has 3 aromatic rings. The molecule has 0 spiro atoms. The number of aromatic nitrogens is 2. The highest BCUT2D eigenvalue weighted by Crippen LogP contribution is 2.25. The molecule has 2 N–H and O–H groups in total. The first kappa shape index (κ1) is 26.1. The molecule has 0 atom stereocenters. The summed E-state index contributed by atoms with van der Waals surface area (Å²) in [6.07, 6.45) is 0.820. The maximum Gasteiger partial charge on any atom is 0.209 e. The number of nitrogens with zero attached hydrogens (tertiary/aromatic N) is 2. The molecule has 0 amide bonds. The average Bonchev–Trinajstić information content (AvgIpc) is 3.16. The number of nitrogens with two attached hydrogens (primary N) is 1. The van der Waals surface area contributed by atoms with E-state index in [0.717, 1.165) is 17.1 Å². The molecule has 9 heteroatoms. The first-order valence-electron chi connectivity index (χ1n) is 11.0. The molecule has 3 rings (SSSR count). The number of aryl methyl sites for hydroxylation is 2.